The molecule has 2 aromatic heterocycles. The summed E-state index contributed by atoms with van der Waals surface area (Å²) in [6, 6.07) is 15.5. The first-order valence-electron chi connectivity index (χ1n) is 8.32. The van der Waals surface area contributed by atoms with Crippen molar-refractivity contribution in [2.24, 2.45) is 0 Å². The minimum Gasteiger partial charge on any atom is -0.494 e. The summed E-state index contributed by atoms with van der Waals surface area (Å²) in [5.41, 5.74) is 9.60. The van der Waals surface area contributed by atoms with E-state index in [9.17, 15) is 0 Å². The zero-order valence-corrected chi connectivity index (χ0v) is 16.9. The van der Waals surface area contributed by atoms with Gasteiger partial charge in [0.25, 0.3) is 0 Å². The highest BCUT2D eigenvalue weighted by atomic mass is 79.9. The minimum atomic E-state index is 0.451. The Balaban J connectivity index is 1.66. The average Bonchev–Trinajstić information content (AvgIpc) is 3.30. The second-order valence-corrected chi connectivity index (χ2v) is 7.39. The van der Waals surface area contributed by atoms with E-state index in [0.717, 1.165) is 32.2 Å². The molecule has 4 rings (SSSR count). The molecule has 0 saturated carbocycles. The summed E-state index contributed by atoms with van der Waals surface area (Å²) in [6.07, 6.45) is 0. The summed E-state index contributed by atoms with van der Waals surface area (Å²) < 4.78 is 8.06. The van der Waals surface area contributed by atoms with Crippen LogP contribution in [0.4, 0.5) is 5.82 Å². The SMILES string of the molecule is CCOc1ccc(-n2nnc(-c3nc(-c4ccccc4Br)cs3)c2N)cc1. The van der Waals surface area contributed by atoms with Crippen molar-refractivity contribution in [1.82, 2.24) is 20.0 Å². The standard InChI is InChI=1S/C19H16BrN5OS/c1-2-26-13-9-7-12(8-10-13)25-18(21)17(23-24-25)19-22-16(11-27-19)14-5-3-4-6-15(14)20/h3-11H,2,21H2,1H3. The number of halogens is 1. The van der Waals surface area contributed by atoms with Crippen LogP contribution in [0.3, 0.4) is 0 Å². The van der Waals surface area contributed by atoms with Crippen molar-refractivity contribution in [3.05, 3.63) is 58.4 Å². The molecule has 0 fully saturated rings. The Morgan fingerprint density at radius 2 is 1.93 bits per heavy atom. The molecular weight excluding hydrogens is 426 g/mol. The van der Waals surface area contributed by atoms with Crippen molar-refractivity contribution in [3.63, 3.8) is 0 Å². The normalized spacial score (nSPS) is 10.9. The molecule has 0 aliphatic rings. The fourth-order valence-corrected chi connectivity index (χ4v) is 3.96. The van der Waals surface area contributed by atoms with Gasteiger partial charge in [-0.15, -0.1) is 16.4 Å². The number of nitrogens with two attached hydrogens (primary N) is 1. The largest absolute Gasteiger partial charge is 0.494 e. The first-order valence-corrected chi connectivity index (χ1v) is 10.00. The lowest BCUT2D eigenvalue weighted by Gasteiger charge is -2.05. The molecule has 0 spiro atoms. The van der Waals surface area contributed by atoms with Gasteiger partial charge < -0.3 is 10.5 Å². The van der Waals surface area contributed by atoms with Crippen LogP contribution in [0.5, 0.6) is 5.75 Å². The maximum absolute atomic E-state index is 6.31. The second kappa shape index (κ2) is 7.50. The van der Waals surface area contributed by atoms with E-state index in [1.54, 1.807) is 4.68 Å². The van der Waals surface area contributed by atoms with Gasteiger partial charge in [0.05, 0.1) is 18.0 Å². The molecule has 0 atom stereocenters. The van der Waals surface area contributed by atoms with Crippen molar-refractivity contribution in [2.75, 3.05) is 12.3 Å². The van der Waals surface area contributed by atoms with Crippen LogP contribution in [0.15, 0.2) is 58.4 Å². The van der Waals surface area contributed by atoms with Gasteiger partial charge in [0.1, 0.15) is 10.8 Å². The molecule has 0 unspecified atom stereocenters. The van der Waals surface area contributed by atoms with E-state index in [1.807, 2.05) is 60.8 Å². The van der Waals surface area contributed by atoms with Gasteiger partial charge in [-0.05, 0) is 37.3 Å². The molecule has 136 valence electrons. The van der Waals surface area contributed by atoms with Gasteiger partial charge in [0.2, 0.25) is 0 Å². The van der Waals surface area contributed by atoms with Gasteiger partial charge in [-0.1, -0.05) is 39.3 Å². The highest BCUT2D eigenvalue weighted by Crippen LogP contribution is 2.34. The molecule has 8 heteroatoms. The fourth-order valence-electron chi connectivity index (χ4n) is 2.66. The van der Waals surface area contributed by atoms with Crippen LogP contribution in [0.1, 0.15) is 6.92 Å². The number of nitrogen functional groups attached to an aromatic ring is 1. The quantitative estimate of drug-likeness (QED) is 0.480. The highest BCUT2D eigenvalue weighted by molar-refractivity contribution is 9.10. The number of thiazole rings is 1. The van der Waals surface area contributed by atoms with Crippen molar-refractivity contribution >= 4 is 33.1 Å². The third-order valence-electron chi connectivity index (χ3n) is 3.95. The predicted molar refractivity (Wildman–Crippen MR) is 111 cm³/mol. The number of ether oxygens (including phenoxy) is 1. The third-order valence-corrected chi connectivity index (χ3v) is 5.49. The van der Waals surface area contributed by atoms with E-state index < -0.39 is 0 Å². The summed E-state index contributed by atoms with van der Waals surface area (Å²) in [5, 5.41) is 11.2. The molecule has 0 aliphatic carbocycles. The van der Waals surface area contributed by atoms with Gasteiger partial charge in [-0.25, -0.2) is 4.98 Å². The Hall–Kier alpha value is -2.71. The van der Waals surface area contributed by atoms with Crippen LogP contribution in [0.2, 0.25) is 0 Å². The van der Waals surface area contributed by atoms with Crippen LogP contribution in [0, 0.1) is 0 Å². The summed E-state index contributed by atoms with van der Waals surface area (Å²) in [6.45, 7) is 2.57. The lowest BCUT2D eigenvalue weighted by Crippen LogP contribution is -2.02. The molecule has 2 aromatic carbocycles. The average molecular weight is 442 g/mol. The molecule has 0 radical (unpaired) electrons. The minimum absolute atomic E-state index is 0.451. The number of aromatic nitrogens is 4. The first kappa shape index (κ1) is 17.7. The zero-order valence-electron chi connectivity index (χ0n) is 14.5. The molecule has 2 heterocycles. The summed E-state index contributed by atoms with van der Waals surface area (Å²) in [7, 11) is 0. The predicted octanol–water partition coefficient (Wildman–Crippen LogP) is 4.80. The van der Waals surface area contributed by atoms with E-state index in [-0.39, 0.29) is 0 Å². The van der Waals surface area contributed by atoms with Gasteiger partial charge >= 0.3 is 0 Å². The van der Waals surface area contributed by atoms with E-state index in [0.29, 0.717) is 18.1 Å². The molecule has 0 saturated heterocycles. The summed E-state index contributed by atoms with van der Waals surface area (Å²) in [4.78, 5) is 4.69. The van der Waals surface area contributed by atoms with Crippen LogP contribution in [-0.4, -0.2) is 26.6 Å². The van der Waals surface area contributed by atoms with E-state index in [1.165, 1.54) is 11.3 Å². The topological polar surface area (TPSA) is 78.8 Å². The van der Waals surface area contributed by atoms with Gasteiger partial charge in [-0.3, -0.25) is 0 Å². The molecule has 4 aromatic rings. The fraction of sp³-hybridized carbons (Fsp3) is 0.105. The Morgan fingerprint density at radius 1 is 1.15 bits per heavy atom. The molecule has 0 bridgehead atoms. The van der Waals surface area contributed by atoms with Crippen LogP contribution >= 0.6 is 27.3 Å². The van der Waals surface area contributed by atoms with Crippen LogP contribution in [-0.2, 0) is 0 Å². The molecule has 0 amide bonds. The molecule has 2 N–H and O–H groups in total. The molecule has 0 aliphatic heterocycles. The second-order valence-electron chi connectivity index (χ2n) is 5.68. The maximum Gasteiger partial charge on any atom is 0.165 e. The van der Waals surface area contributed by atoms with Gasteiger partial charge in [0, 0.05) is 15.4 Å². The van der Waals surface area contributed by atoms with Crippen LogP contribution < -0.4 is 10.5 Å². The van der Waals surface area contributed by atoms with Gasteiger partial charge in [0.15, 0.2) is 11.5 Å². The molecular formula is C19H16BrN5OS. The number of benzene rings is 2. The van der Waals surface area contributed by atoms with E-state index in [2.05, 4.69) is 26.2 Å². The van der Waals surface area contributed by atoms with Crippen molar-refractivity contribution < 1.29 is 4.74 Å². The lowest BCUT2D eigenvalue weighted by atomic mass is 10.2. The molecule has 27 heavy (non-hydrogen) atoms. The summed E-state index contributed by atoms with van der Waals surface area (Å²) >= 11 is 5.05. The molecule has 6 nitrogen and oxygen atoms in total. The number of rotatable bonds is 5. The number of anilines is 1. The summed E-state index contributed by atoms with van der Waals surface area (Å²) in [5.74, 6) is 1.25. The van der Waals surface area contributed by atoms with E-state index >= 15 is 0 Å². The Morgan fingerprint density at radius 3 is 2.67 bits per heavy atom. The van der Waals surface area contributed by atoms with Crippen molar-refractivity contribution in [3.8, 4) is 33.4 Å². The number of hydrogen-bond acceptors (Lipinski definition) is 6. The lowest BCUT2D eigenvalue weighted by molar-refractivity contribution is 0.340. The maximum atomic E-state index is 6.31. The Kier molecular flexibility index (Phi) is 4.91. The van der Waals surface area contributed by atoms with E-state index in [4.69, 9.17) is 15.5 Å². The number of hydrogen-bond donors (Lipinski definition) is 1. The Bertz CT molecular complexity index is 1070. The monoisotopic (exact) mass is 441 g/mol. The smallest absolute Gasteiger partial charge is 0.165 e. The van der Waals surface area contributed by atoms with Gasteiger partial charge in [-0.2, -0.15) is 4.68 Å². The van der Waals surface area contributed by atoms with Crippen molar-refractivity contribution in [1.29, 1.82) is 0 Å². The first-order chi connectivity index (χ1) is 13.2. The third kappa shape index (κ3) is 3.45. The Labute approximate surface area is 168 Å². The zero-order chi connectivity index (χ0) is 18.8. The number of nitrogens with zero attached hydrogens (tertiary/aromatic N) is 4. The highest BCUT2D eigenvalue weighted by Gasteiger charge is 2.17. The van der Waals surface area contributed by atoms with Crippen LogP contribution in [0.25, 0.3) is 27.6 Å². The van der Waals surface area contributed by atoms with Crippen molar-refractivity contribution in [2.45, 2.75) is 6.92 Å².